The zero-order valence-corrected chi connectivity index (χ0v) is 32.8. The van der Waals surface area contributed by atoms with E-state index < -0.39 is 0 Å². The second kappa shape index (κ2) is 36.7. The first-order valence-electron chi connectivity index (χ1n) is 19.3. The molecule has 0 spiro atoms. The van der Waals surface area contributed by atoms with Crippen LogP contribution in [0.5, 0.6) is 0 Å². The molecule has 1 amide bonds. The monoisotopic (exact) mass is 722 g/mol. The van der Waals surface area contributed by atoms with E-state index in [4.69, 9.17) is 4.79 Å². The maximum Gasteiger partial charge on any atom is 0.252 e. The van der Waals surface area contributed by atoms with E-state index in [1.165, 1.54) is 87.5 Å². The number of hydrogen-bond donors (Lipinski definition) is 1. The lowest BCUT2D eigenvalue weighted by molar-refractivity contribution is -0.118. The fraction of sp³-hybridized carbons (Fsp3) is 0.744. The molecular weight excluding hydrogens is 639 g/mol. The summed E-state index contributed by atoms with van der Waals surface area (Å²) < 4.78 is 0. The van der Waals surface area contributed by atoms with Crippen LogP contribution >= 0.6 is 11.3 Å². The highest BCUT2D eigenvalue weighted by Gasteiger charge is 2.28. The third-order valence-corrected chi connectivity index (χ3v) is 9.81. The molecule has 1 aromatic heterocycles. The molecule has 0 bridgehead atoms. The molecule has 0 saturated heterocycles. The van der Waals surface area contributed by atoms with Crippen LogP contribution in [-0.2, 0) is 29.0 Å². The largest absolute Gasteiger partial charge is 0.352 e. The second-order valence-electron chi connectivity index (χ2n) is 13.0. The maximum absolute atomic E-state index is 13.4. The number of ketones is 1. The average molecular weight is 722 g/mol. The Morgan fingerprint density at radius 3 is 2.08 bits per heavy atom. The molecule has 1 N–H and O–H groups in total. The van der Waals surface area contributed by atoms with Crippen LogP contribution in [0.3, 0.4) is 0 Å². The van der Waals surface area contributed by atoms with Gasteiger partial charge in [0.25, 0.3) is 5.91 Å². The van der Waals surface area contributed by atoms with Crippen molar-refractivity contribution in [1.82, 2.24) is 15.1 Å². The predicted octanol–water partition coefficient (Wildman–Crippen LogP) is 11.7. The van der Waals surface area contributed by atoms with E-state index in [9.17, 15) is 9.59 Å². The normalized spacial score (nSPS) is 12.4. The lowest BCUT2D eigenvalue weighted by Gasteiger charge is -2.27. The number of thiophene rings is 1. The Hall–Kier alpha value is -2.09. The van der Waals surface area contributed by atoms with Gasteiger partial charge in [0.15, 0.2) is 0 Å². The summed E-state index contributed by atoms with van der Waals surface area (Å²) in [5, 5.41) is 3.17. The highest BCUT2D eigenvalue weighted by molar-refractivity contribution is 7.12. The Labute approximate surface area is 316 Å². The molecule has 1 aliphatic heterocycles. The van der Waals surface area contributed by atoms with E-state index in [0.717, 1.165) is 68.7 Å². The van der Waals surface area contributed by atoms with E-state index in [1.807, 2.05) is 20.6 Å². The minimum atomic E-state index is 0. The van der Waals surface area contributed by atoms with Gasteiger partial charge in [-0.3, -0.25) is 14.5 Å². The van der Waals surface area contributed by atoms with Crippen molar-refractivity contribution in [1.29, 1.82) is 0 Å². The van der Waals surface area contributed by atoms with Crippen molar-refractivity contribution in [2.24, 2.45) is 0 Å². The van der Waals surface area contributed by atoms with Crippen LogP contribution in [0.2, 0.25) is 0 Å². The van der Waals surface area contributed by atoms with Crippen LogP contribution < -0.4 is 5.32 Å². The molecule has 0 unspecified atom stereocenters. The Kier molecular flexibility index (Phi) is 38.4. The smallest absolute Gasteiger partial charge is 0.252 e. The summed E-state index contributed by atoms with van der Waals surface area (Å²) in [7, 11) is 4.12. The topological polar surface area (TPSA) is 69.7 Å². The number of Topliss-reactive ketones (excluding diaryl/α,β-unsaturated/α-hetero) is 1. The quantitative estimate of drug-likeness (QED) is 0.0762. The second-order valence-corrected chi connectivity index (χ2v) is 14.2. The highest BCUT2D eigenvalue weighted by Crippen LogP contribution is 2.34. The molecule has 7 heteroatoms. The van der Waals surface area contributed by atoms with Gasteiger partial charge in [-0.15, -0.1) is 11.3 Å². The van der Waals surface area contributed by atoms with E-state index in [-0.39, 0.29) is 28.0 Å². The van der Waals surface area contributed by atoms with Crippen molar-refractivity contribution in [2.75, 3.05) is 40.3 Å². The minimum absolute atomic E-state index is 0. The van der Waals surface area contributed by atoms with Crippen molar-refractivity contribution < 1.29 is 15.8 Å². The zero-order valence-electron chi connectivity index (χ0n) is 32.0. The van der Waals surface area contributed by atoms with E-state index in [0.29, 0.717) is 19.4 Å². The lowest BCUT2D eigenvalue weighted by atomic mass is 9.98. The van der Waals surface area contributed by atoms with E-state index in [1.54, 1.807) is 11.3 Å². The minimum Gasteiger partial charge on any atom is -0.352 e. The van der Waals surface area contributed by atoms with Crippen LogP contribution in [0.1, 0.15) is 179 Å². The van der Waals surface area contributed by atoms with Crippen LogP contribution in [-0.4, -0.2) is 68.6 Å². The van der Waals surface area contributed by atoms with Crippen molar-refractivity contribution in [3.05, 3.63) is 45.2 Å². The number of rotatable bonds is 26. The van der Waals surface area contributed by atoms with Crippen LogP contribution in [0.15, 0.2) is 24.3 Å². The molecule has 6 nitrogen and oxygen atoms in total. The molecule has 0 aliphatic carbocycles. The van der Waals surface area contributed by atoms with Gasteiger partial charge < -0.3 is 15.0 Å². The van der Waals surface area contributed by atoms with Gasteiger partial charge in [-0.2, -0.15) is 0 Å². The Morgan fingerprint density at radius 1 is 0.840 bits per heavy atom. The first kappa shape index (κ1) is 52.3. The van der Waals surface area contributed by atoms with Crippen LogP contribution in [0, 0.1) is 0 Å². The number of nitrogens with zero attached hydrogens (tertiary/aromatic N) is 2. The molecule has 0 radical (unpaired) electrons. The number of fused-ring (bicyclic) bond motifs is 1. The predicted molar refractivity (Wildman–Crippen MR) is 225 cm³/mol. The third kappa shape index (κ3) is 25.0. The molecule has 1 aromatic rings. The summed E-state index contributed by atoms with van der Waals surface area (Å²) in [6, 6.07) is 0. The van der Waals surface area contributed by atoms with Crippen molar-refractivity contribution in [3.8, 4) is 0 Å². The van der Waals surface area contributed by atoms with E-state index in [2.05, 4.69) is 67.4 Å². The first-order valence-corrected chi connectivity index (χ1v) is 20.2. The summed E-state index contributed by atoms with van der Waals surface area (Å²) in [6.07, 6.45) is 30.5. The van der Waals surface area contributed by atoms with Gasteiger partial charge in [-0.25, -0.2) is 0 Å². The molecular formula is C43H83N3O3S. The van der Waals surface area contributed by atoms with Crippen LogP contribution in [0.25, 0.3) is 0 Å². The number of amides is 1. The molecule has 0 atom stereocenters. The average Bonchev–Trinajstić information content (AvgIpc) is 3.45. The molecule has 0 aromatic carbocycles. The van der Waals surface area contributed by atoms with Gasteiger partial charge in [-0.1, -0.05) is 125 Å². The van der Waals surface area contributed by atoms with E-state index >= 15 is 0 Å². The fourth-order valence-electron chi connectivity index (χ4n) is 5.93. The van der Waals surface area contributed by atoms with Gasteiger partial charge in [0.05, 0.1) is 5.56 Å². The molecule has 294 valence electrons. The Bertz CT molecular complexity index is 1010. The standard InChI is InChI=1S/C38H65N3O2S.C2H6.CH2O.2CH4.H2/c1-5-7-9-11-12-13-14-15-16-17-18-19-20-21-23-29-41-30-26-34-36(32-41)44-35(31-33(42)25-22-10-8-6-2)37(34)38(43)39-27-24-28-40(3)4;2*1-2;;;/h11-12,14-15H,5-10,13,16-32H2,1-4H3,(H,39,43);1-2H3;1H2;2*1H4;1H/b12-11-,15-14-;;;;;. The van der Waals surface area contributed by atoms with Crippen molar-refractivity contribution >= 4 is 29.8 Å². The fourth-order valence-corrected chi connectivity index (χ4v) is 7.35. The van der Waals surface area contributed by atoms with Crippen molar-refractivity contribution in [2.45, 2.75) is 171 Å². The first-order chi connectivity index (χ1) is 23.5. The number of carbonyl (C=O) groups excluding carboxylic acids is 3. The maximum atomic E-state index is 13.4. The summed E-state index contributed by atoms with van der Waals surface area (Å²) in [4.78, 5) is 41.3. The van der Waals surface area contributed by atoms with Gasteiger partial charge in [0, 0.05) is 43.7 Å². The summed E-state index contributed by atoms with van der Waals surface area (Å²) in [6.45, 7) is 15.1. The molecule has 0 fully saturated rings. The highest BCUT2D eigenvalue weighted by atomic mass is 32.1. The Morgan fingerprint density at radius 2 is 1.44 bits per heavy atom. The van der Waals surface area contributed by atoms with Gasteiger partial charge >= 0.3 is 0 Å². The summed E-state index contributed by atoms with van der Waals surface area (Å²) in [5.41, 5.74) is 2.04. The van der Waals surface area contributed by atoms with Gasteiger partial charge in [0.1, 0.15) is 12.6 Å². The van der Waals surface area contributed by atoms with Gasteiger partial charge in [-0.05, 0) is 84.1 Å². The number of nitrogens with one attached hydrogen (secondary N) is 1. The van der Waals surface area contributed by atoms with Crippen molar-refractivity contribution in [3.63, 3.8) is 0 Å². The Balaban J connectivity index is -0.00000152. The zero-order chi connectivity index (χ0) is 35.8. The lowest BCUT2D eigenvalue weighted by Crippen LogP contribution is -2.33. The molecule has 50 heavy (non-hydrogen) atoms. The van der Waals surface area contributed by atoms with Gasteiger partial charge in [0.2, 0.25) is 0 Å². The molecule has 2 rings (SSSR count). The SMILES string of the molecule is C.C.C=O.CC.CCCC/C=C\C/C=C\CCCCCCCCN1CCc2c(sc(CC(=O)CCCCCC)c2C(=O)NCCCN(C)C)C1.[HH]. The number of allylic oxidation sites excluding steroid dienone is 4. The molecule has 1 aliphatic rings. The third-order valence-electron chi connectivity index (χ3n) is 8.60. The number of unbranched alkanes of at least 4 members (excludes halogenated alkanes) is 11. The molecule has 2 heterocycles. The summed E-state index contributed by atoms with van der Waals surface area (Å²) >= 11 is 1.73. The number of carbonyl (C=O) groups is 3. The summed E-state index contributed by atoms with van der Waals surface area (Å²) in [5.74, 6) is 0.308. The number of hydrogen-bond acceptors (Lipinski definition) is 6. The van der Waals surface area contributed by atoms with Crippen LogP contribution in [0.4, 0.5) is 0 Å². The molecule has 0 saturated carbocycles.